The van der Waals surface area contributed by atoms with Crippen molar-refractivity contribution in [2.24, 2.45) is 0 Å². The number of benzene rings is 21. The minimum atomic E-state index is 0.671. The number of hydrogen-bond acceptors (Lipinski definition) is 6. The third-order valence-corrected chi connectivity index (χ3v) is 29.3. The van der Waals surface area contributed by atoms with E-state index in [9.17, 15) is 0 Å². The van der Waals surface area contributed by atoms with Gasteiger partial charge in [0.05, 0.1) is 111 Å². The molecule has 0 N–H and O–H groups in total. The van der Waals surface area contributed by atoms with Gasteiger partial charge in [-0.15, -0.1) is 0 Å². The fraction of sp³-hybridized carbons (Fsp3) is 0. The van der Waals surface area contributed by atoms with Gasteiger partial charge in [0.15, 0.2) is 0 Å². The second kappa shape index (κ2) is 27.5. The molecule has 0 saturated carbocycles. The Labute approximate surface area is 772 Å². The van der Waals surface area contributed by atoms with Gasteiger partial charge in [-0.1, -0.05) is 340 Å². The van der Waals surface area contributed by atoms with Crippen LogP contribution in [0.5, 0.6) is 0 Å². The first-order valence-corrected chi connectivity index (χ1v) is 46.4. The van der Waals surface area contributed by atoms with Gasteiger partial charge in [-0.3, -0.25) is 13.7 Å². The number of fused-ring (bicyclic) bond motifs is 40. The molecule has 626 valence electrons. The molecule has 0 saturated heterocycles. The number of para-hydroxylation sites is 9. The molecule has 12 nitrogen and oxygen atoms in total. The predicted octanol–water partition coefficient (Wildman–Crippen LogP) is 31.6. The molecule has 0 atom stereocenters. The molecule has 0 fully saturated rings. The van der Waals surface area contributed by atoms with Crippen molar-refractivity contribution in [1.82, 2.24) is 56.8 Å². The van der Waals surface area contributed by atoms with Gasteiger partial charge in [0.1, 0.15) is 0 Å². The highest BCUT2D eigenvalue weighted by molar-refractivity contribution is 6.41. The lowest BCUT2D eigenvalue weighted by atomic mass is 10.0. The standard InChI is InChI=1S/C46H26N4.C42H24N4.C36H20N4/c1-2-13-29-25-30(22-21-27(29)11-1)43-33-16-5-8-18-37(33)47-46(48-43)50-40-26-36-32-15-6-9-19-38(32)49-39-20-10-7-17-34(39)42(45(36)49)41(40)35-24-23-28-12-3-4-14-31(28)44(35)50;1-2-13-26(14-3-1)39-29-17-6-9-19-33(29)43-42(44-39)46-36-24-32-28-16-7-10-20-34(28)45-35-21-11-8-18-30(35)38(41(32)45)37(36)31-23-22-25-12-4-5-15-27(25)40(31)46;1-3-11-23-21(9-1)17-18-26-32-31(40(34(23)26)36-37-20-22-10-2-6-14-28(22)38-36)19-27-24-12-4-7-15-29(24)39-30-16-8-5-13-25(30)33(32)35(27)39/h1-26H;1-24H;1-20H. The molecule has 0 unspecified atom stereocenters. The van der Waals surface area contributed by atoms with Gasteiger partial charge in [-0.25, -0.2) is 29.9 Å². The summed E-state index contributed by atoms with van der Waals surface area (Å²) in [4.78, 5) is 31.7. The largest absolute Gasteiger partial charge is 0.308 e. The predicted molar refractivity (Wildman–Crippen MR) is 567 cm³/mol. The summed E-state index contributed by atoms with van der Waals surface area (Å²) in [5.74, 6) is 2.04. The van der Waals surface area contributed by atoms with E-state index in [2.05, 4.69) is 433 Å². The molecule has 0 aliphatic rings. The van der Waals surface area contributed by atoms with Gasteiger partial charge in [-0.05, 0) is 106 Å². The molecule has 21 aromatic carbocycles. The maximum Gasteiger partial charge on any atom is 0.235 e. The molecule has 12 aromatic heterocycles. The van der Waals surface area contributed by atoms with Crippen LogP contribution < -0.4 is 0 Å². The first-order chi connectivity index (χ1) is 67.5. The Hall–Kier alpha value is -18.5. The van der Waals surface area contributed by atoms with Crippen molar-refractivity contribution < 1.29 is 0 Å². The van der Waals surface area contributed by atoms with E-state index >= 15 is 0 Å². The van der Waals surface area contributed by atoms with Crippen LogP contribution in [-0.4, -0.2) is 56.8 Å². The summed E-state index contributed by atoms with van der Waals surface area (Å²) in [7, 11) is 0. The maximum atomic E-state index is 5.52. The molecule has 33 rings (SSSR count). The molecule has 0 amide bonds. The first-order valence-electron chi connectivity index (χ1n) is 46.4. The van der Waals surface area contributed by atoms with Crippen molar-refractivity contribution in [3.63, 3.8) is 0 Å². The summed E-state index contributed by atoms with van der Waals surface area (Å²) in [5.41, 5.74) is 24.7. The van der Waals surface area contributed by atoms with Gasteiger partial charge in [-0.2, -0.15) is 0 Å². The molecule has 0 aliphatic heterocycles. The van der Waals surface area contributed by atoms with Crippen LogP contribution in [0, 0.1) is 0 Å². The normalized spacial score (nSPS) is 12.4. The number of nitrogens with zero attached hydrogens (tertiary/aromatic N) is 12. The fourth-order valence-corrected chi connectivity index (χ4v) is 23.7. The summed E-state index contributed by atoms with van der Waals surface area (Å²) in [6.07, 6.45) is 1.94. The molecular weight excluding hydrogens is 1660 g/mol. The Balaban J connectivity index is 0.0000000956. The molecule has 0 spiro atoms. The third-order valence-electron chi connectivity index (χ3n) is 29.3. The lowest BCUT2D eigenvalue weighted by molar-refractivity contribution is 1.01. The molecule has 0 bridgehead atoms. The zero-order valence-corrected chi connectivity index (χ0v) is 72.8. The lowest BCUT2D eigenvalue weighted by Gasteiger charge is -2.13. The highest BCUT2D eigenvalue weighted by Gasteiger charge is 2.32. The Bertz CT molecular complexity index is 11000. The van der Waals surface area contributed by atoms with E-state index in [0.717, 1.165) is 88.3 Å². The summed E-state index contributed by atoms with van der Waals surface area (Å²) in [6, 6.07) is 150. The number of rotatable bonds is 5. The van der Waals surface area contributed by atoms with Crippen molar-refractivity contribution >= 4 is 256 Å². The summed E-state index contributed by atoms with van der Waals surface area (Å²) < 4.78 is 14.3. The zero-order valence-electron chi connectivity index (χ0n) is 72.8. The Morgan fingerprint density at radius 3 is 0.875 bits per heavy atom. The molecule has 33 aromatic rings. The molecule has 12 heteroatoms. The molecule has 0 aliphatic carbocycles. The summed E-state index contributed by atoms with van der Waals surface area (Å²) in [6.45, 7) is 0. The van der Waals surface area contributed by atoms with Crippen LogP contribution in [0.1, 0.15) is 0 Å². The van der Waals surface area contributed by atoms with E-state index in [1.165, 1.54) is 190 Å². The number of hydrogen-bond donors (Lipinski definition) is 0. The minimum Gasteiger partial charge on any atom is -0.308 e. The van der Waals surface area contributed by atoms with Crippen LogP contribution in [0.15, 0.2) is 425 Å². The molecule has 12 heterocycles. The van der Waals surface area contributed by atoms with Crippen molar-refractivity contribution in [3.8, 4) is 40.4 Å². The average molecular weight is 1730 g/mol. The van der Waals surface area contributed by atoms with E-state index < -0.39 is 0 Å². The van der Waals surface area contributed by atoms with Crippen molar-refractivity contribution in [2.45, 2.75) is 0 Å². The quantitative estimate of drug-likeness (QED) is 0.170. The van der Waals surface area contributed by atoms with Gasteiger partial charge >= 0.3 is 0 Å². The lowest BCUT2D eigenvalue weighted by Crippen LogP contribution is -2.03. The van der Waals surface area contributed by atoms with Crippen molar-refractivity contribution in [2.75, 3.05) is 0 Å². The Morgan fingerprint density at radius 1 is 0.154 bits per heavy atom. The minimum absolute atomic E-state index is 0.671. The fourth-order valence-electron chi connectivity index (χ4n) is 23.7. The molecule has 0 radical (unpaired) electrons. The van der Waals surface area contributed by atoms with E-state index in [4.69, 9.17) is 29.9 Å². The van der Waals surface area contributed by atoms with E-state index in [1.807, 2.05) is 18.3 Å². The summed E-state index contributed by atoms with van der Waals surface area (Å²) in [5, 5.41) is 35.1. The van der Waals surface area contributed by atoms with Crippen LogP contribution in [0.2, 0.25) is 0 Å². The van der Waals surface area contributed by atoms with Crippen molar-refractivity contribution in [1.29, 1.82) is 0 Å². The van der Waals surface area contributed by atoms with Gasteiger partial charge < -0.3 is 13.2 Å². The third kappa shape index (κ3) is 9.98. The van der Waals surface area contributed by atoms with Crippen LogP contribution in [-0.2, 0) is 0 Å². The molecule has 136 heavy (non-hydrogen) atoms. The Kier molecular flexibility index (Phi) is 14.8. The average Bonchev–Trinajstić information content (AvgIpc) is 1.52. The van der Waals surface area contributed by atoms with Crippen molar-refractivity contribution in [3.05, 3.63) is 425 Å². The maximum absolute atomic E-state index is 5.52. The smallest absolute Gasteiger partial charge is 0.235 e. The zero-order chi connectivity index (χ0) is 88.4. The van der Waals surface area contributed by atoms with Crippen LogP contribution in [0.3, 0.4) is 0 Å². The van der Waals surface area contributed by atoms with E-state index in [1.54, 1.807) is 0 Å². The monoisotopic (exact) mass is 1730 g/mol. The second-order valence-electron chi connectivity index (χ2n) is 36.2. The Morgan fingerprint density at radius 2 is 0.456 bits per heavy atom. The summed E-state index contributed by atoms with van der Waals surface area (Å²) >= 11 is 0. The topological polar surface area (TPSA) is 105 Å². The van der Waals surface area contributed by atoms with Gasteiger partial charge in [0.2, 0.25) is 17.8 Å². The number of aromatic nitrogens is 12. The first kappa shape index (κ1) is 73.3. The van der Waals surface area contributed by atoms with Gasteiger partial charge in [0.25, 0.3) is 0 Å². The van der Waals surface area contributed by atoms with Crippen LogP contribution in [0.25, 0.3) is 296 Å². The second-order valence-corrected chi connectivity index (χ2v) is 36.2. The SMILES string of the molecule is c1ccc(-c2nc(-n3c4cc5c6ccccc6n6c7ccccc7c(c4c4ccc7ccccc7c43)c56)nc3ccccc23)cc1.c1ccc2cc(-c3nc(-n4c5cc6c7ccccc7n7c8ccccc8c(c5c5ccc8ccccc8c54)c67)nc4ccccc34)ccc2c1.c1ccc2nc(-n3c4cc5c6ccccc6n6c7ccccc7c(c4c4ccc7ccccc7c43)c56)ncc2c1. The highest BCUT2D eigenvalue weighted by atomic mass is 15.2. The van der Waals surface area contributed by atoms with Crippen LogP contribution >= 0.6 is 0 Å². The van der Waals surface area contributed by atoms with Gasteiger partial charge in [0, 0.05) is 147 Å². The van der Waals surface area contributed by atoms with E-state index in [0.29, 0.717) is 17.8 Å². The molecular formula is C124H70N12. The van der Waals surface area contributed by atoms with Crippen LogP contribution in [0.4, 0.5) is 0 Å². The van der Waals surface area contributed by atoms with E-state index in [-0.39, 0.29) is 0 Å². The highest BCUT2D eigenvalue weighted by Crippen LogP contribution is 2.53.